The van der Waals surface area contributed by atoms with Crippen LogP contribution in [0.15, 0.2) is 12.1 Å². The average molecular weight is 231 g/mol. The van der Waals surface area contributed by atoms with Crippen LogP contribution >= 0.6 is 11.6 Å². The molecule has 0 aliphatic rings. The van der Waals surface area contributed by atoms with Crippen molar-refractivity contribution < 1.29 is 13.9 Å². The molecule has 0 aliphatic carbocycles. The summed E-state index contributed by atoms with van der Waals surface area (Å²) < 4.78 is 17.8. The minimum Gasteiger partial charge on any atom is -0.466 e. The summed E-state index contributed by atoms with van der Waals surface area (Å²) in [5, 5.41) is 0.421. The molecular weight excluding hydrogens is 219 g/mol. The van der Waals surface area contributed by atoms with Crippen LogP contribution in [0.5, 0.6) is 0 Å². The van der Waals surface area contributed by atoms with Crippen molar-refractivity contribution in [1.82, 2.24) is 0 Å². The van der Waals surface area contributed by atoms with Gasteiger partial charge in [0, 0.05) is 5.02 Å². The fraction of sp³-hybridized carbons (Fsp3) is 0.364. The predicted molar refractivity (Wildman–Crippen MR) is 56.5 cm³/mol. The van der Waals surface area contributed by atoms with Crippen LogP contribution in [0.3, 0.4) is 0 Å². The Hall–Kier alpha value is -1.09. The molecule has 0 aromatic heterocycles. The average Bonchev–Trinajstić information content (AvgIpc) is 2.13. The van der Waals surface area contributed by atoms with Crippen molar-refractivity contribution in [2.75, 3.05) is 6.61 Å². The number of hydrogen-bond donors (Lipinski definition) is 0. The minimum absolute atomic E-state index is 0.00523. The molecule has 1 aromatic carbocycles. The molecule has 0 heterocycles. The lowest BCUT2D eigenvalue weighted by molar-refractivity contribution is -0.142. The standard InChI is InChI=1S/C11H12ClFO2/c1-3-15-10(14)6-8-5-9(13)4-7(2)11(8)12/h4-5H,3,6H2,1-2H3. The Labute approximate surface area is 93.0 Å². The Bertz CT molecular complexity index is 377. The molecule has 1 rings (SSSR count). The van der Waals surface area contributed by atoms with Crippen LogP contribution in [-0.2, 0) is 16.0 Å². The van der Waals surface area contributed by atoms with E-state index in [1.165, 1.54) is 12.1 Å². The molecule has 0 aliphatic heterocycles. The molecular formula is C11H12ClFO2. The Kier molecular flexibility index (Phi) is 4.09. The third-order valence-corrected chi connectivity index (χ3v) is 2.48. The highest BCUT2D eigenvalue weighted by Gasteiger charge is 2.11. The Morgan fingerprint density at radius 2 is 2.20 bits per heavy atom. The van der Waals surface area contributed by atoms with Gasteiger partial charge in [-0.05, 0) is 37.1 Å². The summed E-state index contributed by atoms with van der Waals surface area (Å²) in [4.78, 5) is 11.2. The lowest BCUT2D eigenvalue weighted by Gasteiger charge is -2.06. The van der Waals surface area contributed by atoms with Gasteiger partial charge in [0.1, 0.15) is 5.82 Å². The van der Waals surface area contributed by atoms with Gasteiger partial charge in [0.2, 0.25) is 0 Å². The molecule has 0 radical (unpaired) electrons. The third kappa shape index (κ3) is 3.20. The zero-order valence-corrected chi connectivity index (χ0v) is 9.40. The highest BCUT2D eigenvalue weighted by molar-refractivity contribution is 6.32. The number of halogens is 2. The van der Waals surface area contributed by atoms with E-state index in [1.807, 2.05) is 0 Å². The van der Waals surface area contributed by atoms with Crippen molar-refractivity contribution in [2.24, 2.45) is 0 Å². The zero-order chi connectivity index (χ0) is 11.4. The smallest absolute Gasteiger partial charge is 0.310 e. The molecule has 2 nitrogen and oxygen atoms in total. The van der Waals surface area contributed by atoms with Gasteiger partial charge in [0.15, 0.2) is 0 Å². The van der Waals surface area contributed by atoms with Crippen LogP contribution in [0, 0.1) is 12.7 Å². The van der Waals surface area contributed by atoms with Crippen LogP contribution in [-0.4, -0.2) is 12.6 Å². The molecule has 0 saturated heterocycles. The lowest BCUT2D eigenvalue weighted by atomic mass is 10.1. The summed E-state index contributed by atoms with van der Waals surface area (Å²) >= 11 is 5.93. The summed E-state index contributed by atoms with van der Waals surface area (Å²) in [6, 6.07) is 2.59. The quantitative estimate of drug-likeness (QED) is 0.747. The first-order valence-corrected chi connectivity index (χ1v) is 5.02. The molecule has 0 spiro atoms. The van der Waals surface area contributed by atoms with Crippen molar-refractivity contribution in [1.29, 1.82) is 0 Å². The van der Waals surface area contributed by atoms with Crippen molar-refractivity contribution in [3.05, 3.63) is 34.1 Å². The first kappa shape index (κ1) is 12.0. The summed E-state index contributed by atoms with van der Waals surface area (Å²) in [7, 11) is 0. The number of carbonyl (C=O) groups is 1. The highest BCUT2D eigenvalue weighted by atomic mass is 35.5. The van der Waals surface area contributed by atoms with Crippen molar-refractivity contribution >= 4 is 17.6 Å². The number of esters is 1. The summed E-state index contributed by atoms with van der Waals surface area (Å²) in [5.74, 6) is -0.791. The lowest BCUT2D eigenvalue weighted by Crippen LogP contribution is -2.08. The topological polar surface area (TPSA) is 26.3 Å². The Balaban J connectivity index is 2.89. The molecule has 0 bridgehead atoms. The molecule has 0 saturated carbocycles. The number of benzene rings is 1. The molecule has 1 aromatic rings. The van der Waals surface area contributed by atoms with E-state index in [9.17, 15) is 9.18 Å². The van der Waals surface area contributed by atoms with Crippen LogP contribution in [0.25, 0.3) is 0 Å². The molecule has 0 amide bonds. The molecule has 0 fully saturated rings. The second-order valence-corrected chi connectivity index (χ2v) is 3.56. The number of hydrogen-bond acceptors (Lipinski definition) is 2. The first-order chi connectivity index (χ1) is 7.04. The maximum atomic E-state index is 13.0. The van der Waals surface area contributed by atoms with E-state index in [4.69, 9.17) is 16.3 Å². The summed E-state index contributed by atoms with van der Waals surface area (Å²) in [5.41, 5.74) is 1.09. The van der Waals surface area contributed by atoms with Gasteiger partial charge in [-0.1, -0.05) is 11.6 Å². The maximum Gasteiger partial charge on any atom is 0.310 e. The van der Waals surface area contributed by atoms with Crippen molar-refractivity contribution in [2.45, 2.75) is 20.3 Å². The van der Waals surface area contributed by atoms with Crippen LogP contribution in [0.2, 0.25) is 5.02 Å². The predicted octanol–water partition coefficient (Wildman–Crippen LogP) is 2.89. The van der Waals surface area contributed by atoms with Crippen LogP contribution in [0.1, 0.15) is 18.1 Å². The van der Waals surface area contributed by atoms with Gasteiger partial charge in [0.05, 0.1) is 13.0 Å². The first-order valence-electron chi connectivity index (χ1n) is 4.64. The van der Waals surface area contributed by atoms with Crippen LogP contribution in [0.4, 0.5) is 4.39 Å². The van der Waals surface area contributed by atoms with E-state index in [1.54, 1.807) is 13.8 Å². The van der Waals surface area contributed by atoms with E-state index in [2.05, 4.69) is 0 Å². The van der Waals surface area contributed by atoms with Crippen molar-refractivity contribution in [3.8, 4) is 0 Å². The maximum absolute atomic E-state index is 13.0. The third-order valence-electron chi connectivity index (χ3n) is 1.93. The Morgan fingerprint density at radius 1 is 1.53 bits per heavy atom. The van der Waals surface area contributed by atoms with Crippen molar-refractivity contribution in [3.63, 3.8) is 0 Å². The van der Waals surface area contributed by atoms with E-state index in [0.29, 0.717) is 22.8 Å². The normalized spacial score (nSPS) is 10.1. The molecule has 4 heteroatoms. The highest BCUT2D eigenvalue weighted by Crippen LogP contribution is 2.22. The fourth-order valence-corrected chi connectivity index (χ4v) is 1.47. The number of carbonyl (C=O) groups excluding carboxylic acids is 1. The zero-order valence-electron chi connectivity index (χ0n) is 8.64. The van der Waals surface area contributed by atoms with Gasteiger partial charge < -0.3 is 4.74 Å². The molecule has 82 valence electrons. The molecule has 15 heavy (non-hydrogen) atoms. The van der Waals surface area contributed by atoms with Gasteiger partial charge in [-0.3, -0.25) is 4.79 Å². The van der Waals surface area contributed by atoms with Gasteiger partial charge >= 0.3 is 5.97 Å². The summed E-state index contributed by atoms with van der Waals surface area (Å²) in [6.45, 7) is 3.72. The van der Waals surface area contributed by atoms with Gasteiger partial charge in [0.25, 0.3) is 0 Å². The van der Waals surface area contributed by atoms with Crippen LogP contribution < -0.4 is 0 Å². The molecule has 0 unspecified atom stereocenters. The number of aryl methyl sites for hydroxylation is 1. The monoisotopic (exact) mass is 230 g/mol. The second kappa shape index (κ2) is 5.12. The summed E-state index contributed by atoms with van der Waals surface area (Å²) in [6.07, 6.45) is 0.00523. The fourth-order valence-electron chi connectivity index (χ4n) is 1.29. The number of ether oxygens (including phenoxy) is 1. The number of rotatable bonds is 3. The van der Waals surface area contributed by atoms with E-state index < -0.39 is 11.8 Å². The minimum atomic E-state index is -0.399. The van der Waals surface area contributed by atoms with Gasteiger partial charge in [-0.15, -0.1) is 0 Å². The largest absolute Gasteiger partial charge is 0.466 e. The Morgan fingerprint density at radius 3 is 2.80 bits per heavy atom. The molecule has 0 N–H and O–H groups in total. The SMILES string of the molecule is CCOC(=O)Cc1cc(F)cc(C)c1Cl. The van der Waals surface area contributed by atoms with E-state index >= 15 is 0 Å². The van der Waals surface area contributed by atoms with Gasteiger partial charge in [-0.25, -0.2) is 4.39 Å². The van der Waals surface area contributed by atoms with Gasteiger partial charge in [-0.2, -0.15) is 0 Å². The second-order valence-electron chi connectivity index (χ2n) is 3.18. The van der Waals surface area contributed by atoms with E-state index in [-0.39, 0.29) is 6.42 Å². The molecule has 0 atom stereocenters. The van der Waals surface area contributed by atoms with E-state index in [0.717, 1.165) is 0 Å².